The second-order valence-corrected chi connectivity index (χ2v) is 9.45. The number of nitrogens with zero attached hydrogens (tertiary/aromatic N) is 1. The number of aryl methyl sites for hydroxylation is 1. The normalized spacial score (nSPS) is 12.3. The first kappa shape index (κ1) is 19.9. The van der Waals surface area contributed by atoms with Gasteiger partial charge in [0.1, 0.15) is 0 Å². The van der Waals surface area contributed by atoms with E-state index >= 15 is 0 Å². The van der Waals surface area contributed by atoms with Gasteiger partial charge < -0.3 is 0 Å². The summed E-state index contributed by atoms with van der Waals surface area (Å²) in [7, 11) is -6.85. The highest BCUT2D eigenvalue weighted by Gasteiger charge is 2.20. The summed E-state index contributed by atoms with van der Waals surface area (Å²) in [5, 5.41) is 0. The van der Waals surface area contributed by atoms with Crippen LogP contribution < -0.4 is 9.03 Å². The molecule has 0 heterocycles. The molecule has 0 amide bonds. The van der Waals surface area contributed by atoms with Gasteiger partial charge in [0.2, 0.25) is 20.0 Å². The molecule has 8 heteroatoms. The van der Waals surface area contributed by atoms with Crippen LogP contribution in [0.15, 0.2) is 18.2 Å². The van der Waals surface area contributed by atoms with Gasteiger partial charge in [-0.05, 0) is 37.5 Å². The van der Waals surface area contributed by atoms with Crippen LogP contribution in [0.3, 0.4) is 0 Å². The third kappa shape index (κ3) is 6.12. The summed E-state index contributed by atoms with van der Waals surface area (Å²) in [6.07, 6.45) is 2.50. The smallest absolute Gasteiger partial charge is 0.232 e. The molecule has 132 valence electrons. The standard InChI is InChI=1S/C15H26N2O4S2/c1-5-6-12-23(20,21)16-10-11-17(22(4,18)19)15-9-7-8-13(2)14(15)3/h7-9,16H,5-6,10-12H2,1-4H3. The minimum atomic E-state index is -3.49. The summed E-state index contributed by atoms with van der Waals surface area (Å²) in [5.74, 6) is 0.0614. The second-order valence-electron chi connectivity index (χ2n) is 5.62. The molecular formula is C15H26N2O4S2. The van der Waals surface area contributed by atoms with Gasteiger partial charge in [-0.3, -0.25) is 4.31 Å². The Labute approximate surface area is 140 Å². The van der Waals surface area contributed by atoms with Gasteiger partial charge in [-0.15, -0.1) is 0 Å². The van der Waals surface area contributed by atoms with E-state index in [9.17, 15) is 16.8 Å². The van der Waals surface area contributed by atoms with Crippen molar-refractivity contribution in [1.29, 1.82) is 0 Å². The number of benzene rings is 1. The van der Waals surface area contributed by atoms with Crippen LogP contribution in [-0.2, 0) is 20.0 Å². The van der Waals surface area contributed by atoms with E-state index in [2.05, 4.69) is 4.72 Å². The van der Waals surface area contributed by atoms with Crippen molar-refractivity contribution in [2.24, 2.45) is 0 Å². The fraction of sp³-hybridized carbons (Fsp3) is 0.600. The lowest BCUT2D eigenvalue weighted by atomic mass is 10.1. The van der Waals surface area contributed by atoms with E-state index < -0.39 is 20.0 Å². The van der Waals surface area contributed by atoms with Crippen LogP contribution in [0.1, 0.15) is 30.9 Å². The Morgan fingerprint density at radius 2 is 1.78 bits per heavy atom. The van der Waals surface area contributed by atoms with Gasteiger partial charge in [-0.1, -0.05) is 25.5 Å². The molecule has 0 spiro atoms. The van der Waals surface area contributed by atoms with Crippen molar-refractivity contribution < 1.29 is 16.8 Å². The molecule has 1 aromatic rings. The monoisotopic (exact) mass is 362 g/mol. The van der Waals surface area contributed by atoms with Crippen molar-refractivity contribution in [3.05, 3.63) is 29.3 Å². The first-order chi connectivity index (χ1) is 10.6. The van der Waals surface area contributed by atoms with E-state index in [1.165, 1.54) is 4.31 Å². The summed E-state index contributed by atoms with van der Waals surface area (Å²) in [6, 6.07) is 5.43. The Hall–Kier alpha value is -1.12. The van der Waals surface area contributed by atoms with Crippen LogP contribution in [0.25, 0.3) is 0 Å². The molecule has 0 atom stereocenters. The Balaban J connectivity index is 2.89. The van der Waals surface area contributed by atoms with Gasteiger partial charge in [-0.2, -0.15) is 0 Å². The maximum atomic E-state index is 12.1. The average Bonchev–Trinajstić information content (AvgIpc) is 2.44. The molecule has 0 unspecified atom stereocenters. The van der Waals surface area contributed by atoms with E-state index in [4.69, 9.17) is 0 Å². The summed E-state index contributed by atoms with van der Waals surface area (Å²) in [5.41, 5.74) is 2.44. The minimum absolute atomic E-state index is 0.0481. The largest absolute Gasteiger partial charge is 0.269 e. The topological polar surface area (TPSA) is 83.6 Å². The summed E-state index contributed by atoms with van der Waals surface area (Å²) in [4.78, 5) is 0. The summed E-state index contributed by atoms with van der Waals surface area (Å²) < 4.78 is 51.5. The Morgan fingerprint density at radius 3 is 2.35 bits per heavy atom. The molecule has 0 aliphatic rings. The van der Waals surface area contributed by atoms with Crippen LogP contribution >= 0.6 is 0 Å². The predicted molar refractivity (Wildman–Crippen MR) is 94.8 cm³/mol. The van der Waals surface area contributed by atoms with Crippen LogP contribution in [0.4, 0.5) is 5.69 Å². The first-order valence-corrected chi connectivity index (χ1v) is 11.1. The molecule has 0 aromatic heterocycles. The zero-order chi connectivity index (χ0) is 17.7. The molecular weight excluding hydrogens is 336 g/mol. The second kappa shape index (κ2) is 8.12. The van der Waals surface area contributed by atoms with Gasteiger partial charge in [-0.25, -0.2) is 21.6 Å². The van der Waals surface area contributed by atoms with E-state index in [0.29, 0.717) is 12.1 Å². The minimum Gasteiger partial charge on any atom is -0.269 e. The Morgan fingerprint density at radius 1 is 1.13 bits per heavy atom. The van der Waals surface area contributed by atoms with Gasteiger partial charge in [0.05, 0.1) is 17.7 Å². The fourth-order valence-corrected chi connectivity index (χ4v) is 4.37. The number of unbranched alkanes of at least 4 members (excludes halogenated alkanes) is 1. The molecule has 0 saturated carbocycles. The van der Waals surface area contributed by atoms with Crippen molar-refractivity contribution in [2.45, 2.75) is 33.6 Å². The zero-order valence-electron chi connectivity index (χ0n) is 14.2. The van der Waals surface area contributed by atoms with E-state index in [-0.39, 0.29) is 18.8 Å². The maximum absolute atomic E-state index is 12.1. The molecule has 0 saturated heterocycles. The lowest BCUT2D eigenvalue weighted by Gasteiger charge is -2.25. The van der Waals surface area contributed by atoms with Gasteiger partial charge in [0.25, 0.3) is 0 Å². The molecule has 1 aromatic carbocycles. The lowest BCUT2D eigenvalue weighted by Crippen LogP contribution is -2.39. The van der Waals surface area contributed by atoms with Crippen LogP contribution in [0.2, 0.25) is 0 Å². The number of hydrogen-bond donors (Lipinski definition) is 1. The highest BCUT2D eigenvalue weighted by molar-refractivity contribution is 7.92. The molecule has 0 aliphatic carbocycles. The van der Waals surface area contributed by atoms with Crippen LogP contribution in [-0.4, -0.2) is 41.9 Å². The van der Waals surface area contributed by atoms with Crippen LogP contribution in [0, 0.1) is 13.8 Å². The fourth-order valence-electron chi connectivity index (χ4n) is 2.18. The Kier molecular flexibility index (Phi) is 7.03. The summed E-state index contributed by atoms with van der Waals surface area (Å²) in [6.45, 7) is 5.80. The molecule has 6 nitrogen and oxygen atoms in total. The first-order valence-electron chi connectivity index (χ1n) is 7.59. The predicted octanol–water partition coefficient (Wildman–Crippen LogP) is 1.79. The van der Waals surface area contributed by atoms with Crippen molar-refractivity contribution in [3.63, 3.8) is 0 Å². The third-order valence-electron chi connectivity index (χ3n) is 3.65. The molecule has 23 heavy (non-hydrogen) atoms. The van der Waals surface area contributed by atoms with Crippen molar-refractivity contribution in [3.8, 4) is 0 Å². The quantitative estimate of drug-likeness (QED) is 0.726. The van der Waals surface area contributed by atoms with Gasteiger partial charge in [0.15, 0.2) is 0 Å². The third-order valence-corrected chi connectivity index (χ3v) is 6.30. The van der Waals surface area contributed by atoms with Crippen molar-refractivity contribution in [2.75, 3.05) is 29.4 Å². The number of anilines is 1. The van der Waals surface area contributed by atoms with Crippen LogP contribution in [0.5, 0.6) is 0 Å². The number of rotatable bonds is 9. The number of sulfonamides is 2. The molecule has 0 bridgehead atoms. The van der Waals surface area contributed by atoms with Gasteiger partial charge in [0, 0.05) is 13.1 Å². The zero-order valence-corrected chi connectivity index (χ0v) is 15.8. The summed E-state index contributed by atoms with van der Waals surface area (Å²) >= 11 is 0. The molecule has 0 aliphatic heterocycles. The lowest BCUT2D eigenvalue weighted by molar-refractivity contribution is 0.575. The molecule has 1 N–H and O–H groups in total. The van der Waals surface area contributed by atoms with E-state index in [1.54, 1.807) is 12.1 Å². The average molecular weight is 363 g/mol. The van der Waals surface area contributed by atoms with E-state index in [0.717, 1.165) is 23.8 Å². The molecule has 0 radical (unpaired) electrons. The van der Waals surface area contributed by atoms with E-state index in [1.807, 2.05) is 26.8 Å². The number of nitrogens with one attached hydrogen (secondary N) is 1. The van der Waals surface area contributed by atoms with Gasteiger partial charge >= 0.3 is 0 Å². The maximum Gasteiger partial charge on any atom is 0.232 e. The molecule has 1 rings (SSSR count). The molecule has 0 fully saturated rings. The SMILES string of the molecule is CCCCS(=O)(=O)NCCN(c1cccc(C)c1C)S(C)(=O)=O. The van der Waals surface area contributed by atoms with Crippen molar-refractivity contribution >= 4 is 25.7 Å². The number of hydrogen-bond acceptors (Lipinski definition) is 4. The highest BCUT2D eigenvalue weighted by atomic mass is 32.2. The van der Waals surface area contributed by atoms with Crippen molar-refractivity contribution in [1.82, 2.24) is 4.72 Å². The highest BCUT2D eigenvalue weighted by Crippen LogP contribution is 2.24. The Bertz CT molecular complexity index is 728.